The molecule has 0 aliphatic carbocycles. The maximum atomic E-state index is 13.5. The highest BCUT2D eigenvalue weighted by Crippen LogP contribution is 2.37. The number of aliphatic hydroxyl groups excluding tert-OH is 7. The Bertz CT molecular complexity index is 1560. The zero-order chi connectivity index (χ0) is 33.3. The van der Waals surface area contributed by atoms with Gasteiger partial charge in [0.2, 0.25) is 11.7 Å². The molecule has 0 amide bonds. The molecule has 2 aliphatic rings. The SMILES string of the molecule is COc1ccc(-c2coc3cc(O[C@@H]4O[C@H](CO)[C@@H](O)[C@H](O[C@@H]5O[C@@H](CO)[C@@H](O)[C@H](O)[C@H]5O)[C@H]4O)c(OC)cc3c2=O)cc1OC. The zero-order valence-electron chi connectivity index (χ0n) is 25.0. The van der Waals surface area contributed by atoms with E-state index in [4.69, 9.17) is 37.6 Å². The highest BCUT2D eigenvalue weighted by molar-refractivity contribution is 5.85. The first kappa shape index (κ1) is 33.8. The van der Waals surface area contributed by atoms with Crippen LogP contribution in [-0.4, -0.2) is 132 Å². The summed E-state index contributed by atoms with van der Waals surface area (Å²) in [6, 6.07) is 7.65. The summed E-state index contributed by atoms with van der Waals surface area (Å²) in [5.74, 6) is 0.870. The topological polar surface area (TPSA) is 236 Å². The predicted octanol–water partition coefficient (Wildman–Crippen LogP) is -1.51. The van der Waals surface area contributed by atoms with Crippen molar-refractivity contribution in [2.45, 2.75) is 61.4 Å². The summed E-state index contributed by atoms with van der Waals surface area (Å²) in [6.07, 6.45) is -15.2. The van der Waals surface area contributed by atoms with E-state index in [1.54, 1.807) is 18.2 Å². The second-order valence-corrected chi connectivity index (χ2v) is 10.7. The van der Waals surface area contributed by atoms with E-state index < -0.39 is 80.1 Å². The molecule has 252 valence electrons. The van der Waals surface area contributed by atoms with Crippen molar-refractivity contribution in [2.24, 2.45) is 0 Å². The van der Waals surface area contributed by atoms with Crippen LogP contribution in [0, 0.1) is 0 Å². The average molecular weight is 653 g/mol. The summed E-state index contributed by atoms with van der Waals surface area (Å²) in [5, 5.41) is 72.0. The van der Waals surface area contributed by atoms with Gasteiger partial charge in [-0.2, -0.15) is 0 Å². The van der Waals surface area contributed by atoms with Gasteiger partial charge >= 0.3 is 0 Å². The van der Waals surface area contributed by atoms with Crippen LogP contribution in [0.5, 0.6) is 23.0 Å². The summed E-state index contributed by atoms with van der Waals surface area (Å²) in [5.41, 5.74) is 0.417. The minimum absolute atomic E-state index is 0.0399. The highest BCUT2D eigenvalue weighted by Gasteiger charge is 2.51. The minimum atomic E-state index is -1.83. The summed E-state index contributed by atoms with van der Waals surface area (Å²) in [6.45, 7) is -1.48. The molecule has 2 aromatic carbocycles. The van der Waals surface area contributed by atoms with E-state index in [9.17, 15) is 40.5 Å². The van der Waals surface area contributed by atoms with E-state index in [-0.39, 0.29) is 28.0 Å². The summed E-state index contributed by atoms with van der Waals surface area (Å²) in [7, 11) is 4.28. The lowest BCUT2D eigenvalue weighted by molar-refractivity contribution is -0.352. The maximum Gasteiger partial charge on any atom is 0.229 e. The van der Waals surface area contributed by atoms with Gasteiger partial charge in [0, 0.05) is 6.07 Å². The lowest BCUT2D eigenvalue weighted by Gasteiger charge is -2.45. The largest absolute Gasteiger partial charge is 0.493 e. The quantitative estimate of drug-likeness (QED) is 0.132. The molecule has 2 fully saturated rings. The van der Waals surface area contributed by atoms with Crippen LogP contribution in [0.3, 0.4) is 0 Å². The van der Waals surface area contributed by atoms with E-state index >= 15 is 0 Å². The van der Waals surface area contributed by atoms with Crippen molar-refractivity contribution in [2.75, 3.05) is 34.5 Å². The Morgan fingerprint density at radius 3 is 1.98 bits per heavy atom. The normalized spacial score (nSPS) is 31.4. The van der Waals surface area contributed by atoms with Gasteiger partial charge in [0.1, 0.15) is 60.7 Å². The van der Waals surface area contributed by atoms with Crippen molar-refractivity contribution in [3.63, 3.8) is 0 Å². The summed E-state index contributed by atoms with van der Waals surface area (Å²) < 4.78 is 44.2. The third kappa shape index (κ3) is 6.24. The molecule has 10 atom stereocenters. The van der Waals surface area contributed by atoms with Crippen molar-refractivity contribution in [3.8, 4) is 34.1 Å². The van der Waals surface area contributed by atoms with Crippen LogP contribution in [0.4, 0.5) is 0 Å². The van der Waals surface area contributed by atoms with Crippen LogP contribution in [0.1, 0.15) is 0 Å². The molecule has 3 heterocycles. The fraction of sp³-hybridized carbons (Fsp3) is 0.500. The van der Waals surface area contributed by atoms with E-state index in [1.807, 2.05) is 0 Å². The van der Waals surface area contributed by atoms with Crippen molar-refractivity contribution in [1.29, 1.82) is 0 Å². The molecular formula is C30H36O16. The first-order chi connectivity index (χ1) is 22.1. The number of fused-ring (bicyclic) bond motifs is 1. The van der Waals surface area contributed by atoms with Crippen LogP contribution >= 0.6 is 0 Å². The minimum Gasteiger partial charge on any atom is -0.493 e. The fourth-order valence-corrected chi connectivity index (χ4v) is 5.36. The molecule has 0 bridgehead atoms. The van der Waals surface area contributed by atoms with Gasteiger partial charge in [-0.05, 0) is 23.8 Å². The molecule has 3 aromatic rings. The lowest BCUT2D eigenvalue weighted by atomic mass is 9.97. The highest BCUT2D eigenvalue weighted by atomic mass is 16.7. The Labute approximate surface area is 261 Å². The van der Waals surface area contributed by atoms with Gasteiger partial charge in [-0.25, -0.2) is 0 Å². The monoisotopic (exact) mass is 652 g/mol. The fourth-order valence-electron chi connectivity index (χ4n) is 5.36. The second-order valence-electron chi connectivity index (χ2n) is 10.7. The number of rotatable bonds is 10. The van der Waals surface area contributed by atoms with Crippen molar-refractivity contribution in [1.82, 2.24) is 0 Å². The maximum absolute atomic E-state index is 13.5. The van der Waals surface area contributed by atoms with Gasteiger partial charge in [-0.3, -0.25) is 4.79 Å². The van der Waals surface area contributed by atoms with Crippen molar-refractivity contribution in [3.05, 3.63) is 46.8 Å². The molecule has 2 saturated heterocycles. The van der Waals surface area contributed by atoms with Gasteiger partial charge in [-0.1, -0.05) is 6.07 Å². The Hall–Kier alpha value is -3.55. The third-order valence-corrected chi connectivity index (χ3v) is 7.96. The Morgan fingerprint density at radius 1 is 0.696 bits per heavy atom. The van der Waals surface area contributed by atoms with Crippen LogP contribution in [0.15, 0.2) is 45.8 Å². The van der Waals surface area contributed by atoms with Crippen molar-refractivity contribution < 1.29 is 73.3 Å². The van der Waals surface area contributed by atoms with Crippen LogP contribution < -0.4 is 24.4 Å². The number of hydrogen-bond acceptors (Lipinski definition) is 16. The van der Waals surface area contributed by atoms with Crippen LogP contribution in [0.2, 0.25) is 0 Å². The van der Waals surface area contributed by atoms with Crippen LogP contribution in [-0.2, 0) is 14.2 Å². The molecule has 16 nitrogen and oxygen atoms in total. The van der Waals surface area contributed by atoms with E-state index in [2.05, 4.69) is 0 Å². The smallest absolute Gasteiger partial charge is 0.229 e. The van der Waals surface area contributed by atoms with Crippen LogP contribution in [0.25, 0.3) is 22.1 Å². The number of aliphatic hydroxyl groups is 7. The second kappa shape index (κ2) is 14.1. The molecule has 0 radical (unpaired) electrons. The van der Waals surface area contributed by atoms with Gasteiger partial charge in [-0.15, -0.1) is 0 Å². The molecule has 0 unspecified atom stereocenters. The van der Waals surface area contributed by atoms with E-state index in [0.717, 1.165) is 0 Å². The van der Waals surface area contributed by atoms with Gasteiger partial charge < -0.3 is 73.3 Å². The molecule has 0 saturated carbocycles. The number of benzene rings is 2. The number of methoxy groups -OCH3 is 3. The van der Waals surface area contributed by atoms with E-state index in [1.165, 1.54) is 39.7 Å². The average Bonchev–Trinajstić information content (AvgIpc) is 3.07. The zero-order valence-corrected chi connectivity index (χ0v) is 25.0. The lowest BCUT2D eigenvalue weighted by Crippen LogP contribution is -2.65. The number of hydrogen-bond donors (Lipinski definition) is 7. The predicted molar refractivity (Wildman–Crippen MR) is 155 cm³/mol. The van der Waals surface area contributed by atoms with Crippen molar-refractivity contribution >= 4 is 11.0 Å². The summed E-state index contributed by atoms with van der Waals surface area (Å²) >= 11 is 0. The molecule has 7 N–H and O–H groups in total. The Balaban J connectivity index is 1.43. The molecular weight excluding hydrogens is 616 g/mol. The molecule has 46 heavy (non-hydrogen) atoms. The molecule has 5 rings (SSSR count). The standard InChI is InChI=1S/C30H36O16/c1-39-15-5-4-12(6-17(15)40-2)14-11-42-16-8-19(18(41-3)7-13(16)22(14)33)43-30-27(38)28(24(35)21(10-32)45-30)46-29-26(37)25(36)23(34)20(9-31)44-29/h4-8,11,20-21,23-32,34-38H,9-10H2,1-3H3/t20-,21+,23+,24+,25-,26+,27+,28-,29-,30+/m0/s1. The summed E-state index contributed by atoms with van der Waals surface area (Å²) in [4.78, 5) is 13.5. The number of ether oxygens (including phenoxy) is 7. The van der Waals surface area contributed by atoms with Gasteiger partial charge in [0.15, 0.2) is 29.3 Å². The Kier molecular flexibility index (Phi) is 10.3. The molecule has 2 aliphatic heterocycles. The first-order valence-electron chi connectivity index (χ1n) is 14.2. The molecule has 0 spiro atoms. The van der Waals surface area contributed by atoms with Gasteiger partial charge in [0.05, 0.1) is 45.5 Å². The first-order valence-corrected chi connectivity index (χ1v) is 14.2. The molecule has 16 heteroatoms. The van der Waals surface area contributed by atoms with Gasteiger partial charge in [0.25, 0.3) is 0 Å². The Morgan fingerprint density at radius 2 is 1.33 bits per heavy atom. The van der Waals surface area contributed by atoms with E-state index in [0.29, 0.717) is 17.1 Å². The molecule has 1 aromatic heterocycles. The third-order valence-electron chi connectivity index (χ3n) is 7.96.